The number of carbonyl (C=O) groups excluding carboxylic acids is 1. The number of nitrogens with two attached hydrogens (primary N) is 1. The first-order chi connectivity index (χ1) is 16.1. The van der Waals surface area contributed by atoms with Gasteiger partial charge in [-0.15, -0.1) is 0 Å². The van der Waals surface area contributed by atoms with E-state index in [1.54, 1.807) is 12.1 Å². The minimum atomic E-state index is -3.98. The summed E-state index contributed by atoms with van der Waals surface area (Å²) in [7, 11) is -7.12. The fraction of sp³-hybridized carbons (Fsp3) is 0.478. The highest BCUT2D eigenvalue weighted by Crippen LogP contribution is 2.32. The standard InChI is InChI=1S/C23H32N4O5S2/c1-3-4-5-7-18(2)19-14-20(23(28)26-10-12-33(29,30)13-11-26)17-27(16-19)34(31,32)22-9-6-8-21(15-24)25-22/h3-9,19-20H,2,10-17,24H2,1H3/b4-3-,7-5-/t19-,20-/m1/s1. The van der Waals surface area contributed by atoms with Gasteiger partial charge in [0.25, 0.3) is 10.0 Å². The van der Waals surface area contributed by atoms with Crippen molar-refractivity contribution in [1.82, 2.24) is 14.2 Å². The summed E-state index contributed by atoms with van der Waals surface area (Å²) in [6, 6.07) is 4.67. The minimum absolute atomic E-state index is 0.00130. The Morgan fingerprint density at radius 1 is 1.21 bits per heavy atom. The van der Waals surface area contributed by atoms with Crippen LogP contribution >= 0.6 is 0 Å². The van der Waals surface area contributed by atoms with Crippen LogP contribution in [0.5, 0.6) is 0 Å². The minimum Gasteiger partial charge on any atom is -0.340 e. The van der Waals surface area contributed by atoms with Gasteiger partial charge in [-0.05, 0) is 31.4 Å². The maximum atomic E-state index is 13.5. The monoisotopic (exact) mass is 508 g/mol. The number of amides is 1. The van der Waals surface area contributed by atoms with Crippen LogP contribution in [-0.2, 0) is 31.2 Å². The molecule has 2 N–H and O–H groups in total. The molecule has 11 heteroatoms. The first-order valence-electron chi connectivity index (χ1n) is 11.2. The van der Waals surface area contributed by atoms with Gasteiger partial charge >= 0.3 is 0 Å². The van der Waals surface area contributed by atoms with Gasteiger partial charge in [0.1, 0.15) is 0 Å². The highest BCUT2D eigenvalue weighted by Gasteiger charge is 2.40. The number of rotatable bonds is 7. The van der Waals surface area contributed by atoms with Crippen molar-refractivity contribution in [3.8, 4) is 0 Å². The number of sulfone groups is 1. The van der Waals surface area contributed by atoms with Gasteiger partial charge in [-0.25, -0.2) is 21.8 Å². The topological polar surface area (TPSA) is 131 Å². The second kappa shape index (κ2) is 10.9. The van der Waals surface area contributed by atoms with Crippen LogP contribution in [0.1, 0.15) is 19.0 Å². The SMILES string of the molecule is C=C(/C=C\C=C/C)[C@@H]1C[C@@H](C(=O)N2CCS(=O)(=O)CC2)CN(S(=O)(=O)c2cccc(CN)n2)C1. The molecular weight excluding hydrogens is 476 g/mol. The van der Waals surface area contributed by atoms with E-state index in [1.807, 2.05) is 31.2 Å². The van der Waals surface area contributed by atoms with Gasteiger partial charge in [-0.2, -0.15) is 4.31 Å². The number of sulfonamides is 1. The average Bonchev–Trinajstić information content (AvgIpc) is 2.83. The molecule has 2 atom stereocenters. The Kier molecular flexibility index (Phi) is 8.45. The van der Waals surface area contributed by atoms with Crippen LogP contribution in [0.15, 0.2) is 59.7 Å². The predicted molar refractivity (Wildman–Crippen MR) is 131 cm³/mol. The molecule has 0 spiro atoms. The number of aromatic nitrogens is 1. The Hall–Kier alpha value is -2.34. The summed E-state index contributed by atoms with van der Waals surface area (Å²) in [4.78, 5) is 19.0. The third kappa shape index (κ3) is 6.21. The van der Waals surface area contributed by atoms with Gasteiger partial charge in [0.2, 0.25) is 5.91 Å². The molecule has 0 aliphatic carbocycles. The molecule has 3 rings (SSSR count). The Bertz CT molecular complexity index is 1180. The van der Waals surface area contributed by atoms with E-state index in [9.17, 15) is 21.6 Å². The van der Waals surface area contributed by atoms with E-state index in [4.69, 9.17) is 5.73 Å². The number of allylic oxidation sites excluding steroid dienone is 4. The number of carbonyl (C=O) groups is 1. The molecule has 0 bridgehead atoms. The van der Waals surface area contributed by atoms with E-state index in [-0.39, 0.29) is 61.1 Å². The van der Waals surface area contributed by atoms with Gasteiger partial charge in [0, 0.05) is 32.7 Å². The van der Waals surface area contributed by atoms with Crippen molar-refractivity contribution >= 4 is 25.8 Å². The fourth-order valence-corrected chi connectivity index (χ4v) is 6.87. The summed E-state index contributed by atoms with van der Waals surface area (Å²) < 4.78 is 51.8. The lowest BCUT2D eigenvalue weighted by atomic mass is 9.85. The zero-order valence-electron chi connectivity index (χ0n) is 19.3. The van der Waals surface area contributed by atoms with Gasteiger partial charge in [-0.3, -0.25) is 4.79 Å². The van der Waals surface area contributed by atoms with Crippen LogP contribution in [0.25, 0.3) is 0 Å². The van der Waals surface area contributed by atoms with E-state index in [0.29, 0.717) is 12.1 Å². The molecule has 2 aliphatic rings. The van der Waals surface area contributed by atoms with Crippen molar-refractivity contribution in [3.05, 3.63) is 60.3 Å². The lowest BCUT2D eigenvalue weighted by Crippen LogP contribution is -2.52. The summed E-state index contributed by atoms with van der Waals surface area (Å²) in [5.74, 6) is -1.27. The Balaban J connectivity index is 1.89. The third-order valence-corrected chi connectivity index (χ3v) is 9.50. The molecule has 0 saturated carbocycles. The molecule has 1 amide bonds. The largest absolute Gasteiger partial charge is 0.340 e. The van der Waals surface area contributed by atoms with E-state index in [1.165, 1.54) is 15.3 Å². The number of pyridine rings is 1. The zero-order chi connectivity index (χ0) is 24.9. The molecular formula is C23H32N4O5S2. The summed E-state index contributed by atoms with van der Waals surface area (Å²) >= 11 is 0. The van der Waals surface area contributed by atoms with Crippen molar-refractivity contribution in [2.75, 3.05) is 37.7 Å². The van der Waals surface area contributed by atoms with Crippen LogP contribution in [0.3, 0.4) is 0 Å². The molecule has 1 aromatic heterocycles. The van der Waals surface area contributed by atoms with E-state index in [2.05, 4.69) is 11.6 Å². The molecule has 34 heavy (non-hydrogen) atoms. The summed E-state index contributed by atoms with van der Waals surface area (Å²) in [5.41, 5.74) is 6.81. The van der Waals surface area contributed by atoms with Crippen LogP contribution in [0.4, 0.5) is 0 Å². The van der Waals surface area contributed by atoms with Crippen molar-refractivity contribution in [1.29, 1.82) is 0 Å². The predicted octanol–water partition coefficient (Wildman–Crippen LogP) is 1.11. The molecule has 0 unspecified atom stereocenters. The molecule has 2 aliphatic heterocycles. The molecule has 0 radical (unpaired) electrons. The highest BCUT2D eigenvalue weighted by atomic mass is 32.2. The molecule has 0 aromatic carbocycles. The zero-order valence-corrected chi connectivity index (χ0v) is 21.0. The van der Waals surface area contributed by atoms with E-state index >= 15 is 0 Å². The quantitative estimate of drug-likeness (QED) is 0.546. The van der Waals surface area contributed by atoms with Crippen LogP contribution < -0.4 is 5.73 Å². The second-order valence-corrected chi connectivity index (χ2v) is 12.7. The van der Waals surface area contributed by atoms with Crippen LogP contribution in [0.2, 0.25) is 0 Å². The lowest BCUT2D eigenvalue weighted by molar-refractivity contribution is -0.136. The van der Waals surface area contributed by atoms with Crippen molar-refractivity contribution < 1.29 is 21.6 Å². The van der Waals surface area contributed by atoms with Crippen molar-refractivity contribution in [2.24, 2.45) is 17.6 Å². The van der Waals surface area contributed by atoms with Gasteiger partial charge < -0.3 is 10.6 Å². The maximum absolute atomic E-state index is 13.5. The lowest BCUT2D eigenvalue weighted by Gasteiger charge is -2.39. The van der Waals surface area contributed by atoms with Gasteiger partial charge in [0.15, 0.2) is 14.9 Å². The average molecular weight is 509 g/mol. The summed E-state index contributed by atoms with van der Waals surface area (Å²) in [5, 5.41) is -0.110. The molecule has 9 nitrogen and oxygen atoms in total. The summed E-state index contributed by atoms with van der Waals surface area (Å²) in [6.45, 7) is 6.53. The number of hydrogen-bond acceptors (Lipinski definition) is 7. The Morgan fingerprint density at radius 3 is 2.53 bits per heavy atom. The smallest absolute Gasteiger partial charge is 0.260 e. The molecule has 1 aromatic rings. The summed E-state index contributed by atoms with van der Waals surface area (Å²) in [6.07, 6.45) is 7.80. The number of hydrogen-bond donors (Lipinski definition) is 1. The van der Waals surface area contributed by atoms with Crippen LogP contribution in [-0.4, -0.2) is 74.6 Å². The van der Waals surface area contributed by atoms with E-state index < -0.39 is 25.8 Å². The third-order valence-electron chi connectivity index (χ3n) is 6.16. The molecule has 2 saturated heterocycles. The Labute approximate surface area is 202 Å². The first kappa shape index (κ1) is 26.3. The molecule has 2 fully saturated rings. The van der Waals surface area contributed by atoms with Gasteiger partial charge in [-0.1, -0.05) is 42.5 Å². The van der Waals surface area contributed by atoms with Gasteiger partial charge in [0.05, 0.1) is 23.1 Å². The van der Waals surface area contributed by atoms with E-state index in [0.717, 1.165) is 5.57 Å². The highest BCUT2D eigenvalue weighted by molar-refractivity contribution is 7.91. The first-order valence-corrected chi connectivity index (χ1v) is 14.5. The van der Waals surface area contributed by atoms with Crippen molar-refractivity contribution in [2.45, 2.75) is 24.9 Å². The molecule has 3 heterocycles. The number of piperidine rings is 1. The maximum Gasteiger partial charge on any atom is 0.260 e. The second-order valence-electron chi connectivity index (χ2n) is 8.56. The van der Waals surface area contributed by atoms with Crippen molar-refractivity contribution in [3.63, 3.8) is 0 Å². The normalized spacial score (nSPS) is 24.0. The Morgan fingerprint density at radius 2 is 1.88 bits per heavy atom. The fourth-order valence-electron chi connectivity index (χ4n) is 4.17. The van der Waals surface area contributed by atoms with Crippen LogP contribution in [0, 0.1) is 11.8 Å². The molecule has 186 valence electrons. The number of nitrogens with zero attached hydrogens (tertiary/aromatic N) is 3.